The number of hydrogen-bond acceptors (Lipinski definition) is 6. The van der Waals surface area contributed by atoms with Crippen molar-refractivity contribution < 1.29 is 14.3 Å². The van der Waals surface area contributed by atoms with Gasteiger partial charge in [-0.05, 0) is 61.7 Å². The highest BCUT2D eigenvalue weighted by atomic mass is 35.5. The van der Waals surface area contributed by atoms with Crippen LogP contribution in [0, 0.1) is 12.8 Å². The quantitative estimate of drug-likeness (QED) is 0.536. The number of hydrogen-bond donors (Lipinski definition) is 1. The number of carbonyl (C=O) groups excluding carboxylic acids is 1. The smallest absolute Gasteiger partial charge is 0.271 e. The first-order valence-electron chi connectivity index (χ1n) is 11.5. The first kappa shape index (κ1) is 24.6. The van der Waals surface area contributed by atoms with Crippen molar-refractivity contribution in [1.82, 2.24) is 15.1 Å². The number of piperidine rings is 1. The molecule has 0 radical (unpaired) electrons. The zero-order valence-corrected chi connectivity index (χ0v) is 20.8. The standard InChI is InChI=1S/C26H29ClN4O4/c1-17-6-7-20(14-22(17)27)31-25(32)11-10-24(29-31)30-12-4-5-18(16-30)26(33)28-15-19-13-21(34-2)8-9-23(19)35-3/h6-11,13-14,18H,4-5,12,15-16H2,1-3H3,(H,28,33)/t18-/m0/s1. The predicted molar refractivity (Wildman–Crippen MR) is 136 cm³/mol. The lowest BCUT2D eigenvalue weighted by atomic mass is 9.97. The van der Waals surface area contributed by atoms with Crippen LogP contribution in [0.5, 0.6) is 11.5 Å². The summed E-state index contributed by atoms with van der Waals surface area (Å²) in [5.74, 6) is 1.82. The van der Waals surface area contributed by atoms with Gasteiger partial charge in [-0.2, -0.15) is 4.68 Å². The molecule has 1 saturated heterocycles. The predicted octanol–water partition coefficient (Wildman–Crippen LogP) is 3.74. The number of ether oxygens (including phenoxy) is 2. The maximum absolute atomic E-state index is 13.0. The average Bonchev–Trinajstić information content (AvgIpc) is 2.89. The molecule has 0 spiro atoms. The van der Waals surface area contributed by atoms with E-state index in [1.807, 2.05) is 42.2 Å². The Balaban J connectivity index is 1.47. The number of aryl methyl sites for hydroxylation is 1. The summed E-state index contributed by atoms with van der Waals surface area (Å²) in [6.07, 6.45) is 1.63. The summed E-state index contributed by atoms with van der Waals surface area (Å²) < 4.78 is 12.0. The van der Waals surface area contributed by atoms with Crippen LogP contribution in [0.15, 0.2) is 53.3 Å². The van der Waals surface area contributed by atoms with Gasteiger partial charge in [-0.25, -0.2) is 0 Å². The van der Waals surface area contributed by atoms with E-state index in [1.165, 1.54) is 10.7 Å². The van der Waals surface area contributed by atoms with E-state index in [4.69, 9.17) is 21.1 Å². The number of benzene rings is 2. The van der Waals surface area contributed by atoms with Crippen LogP contribution in [0.1, 0.15) is 24.0 Å². The van der Waals surface area contributed by atoms with Gasteiger partial charge in [0.1, 0.15) is 17.3 Å². The van der Waals surface area contributed by atoms with Crippen molar-refractivity contribution in [1.29, 1.82) is 0 Å². The third kappa shape index (κ3) is 5.59. The molecular formula is C26H29ClN4O4. The third-order valence-corrected chi connectivity index (χ3v) is 6.65. The second kappa shape index (κ2) is 10.8. The van der Waals surface area contributed by atoms with Gasteiger partial charge >= 0.3 is 0 Å². The third-order valence-electron chi connectivity index (χ3n) is 6.24. The molecule has 8 nitrogen and oxygen atoms in total. The minimum atomic E-state index is -0.243. The molecule has 1 atom stereocenters. The number of carbonyl (C=O) groups is 1. The van der Waals surface area contributed by atoms with Crippen LogP contribution < -0.4 is 25.2 Å². The maximum Gasteiger partial charge on any atom is 0.271 e. The van der Waals surface area contributed by atoms with E-state index in [1.54, 1.807) is 26.4 Å². The van der Waals surface area contributed by atoms with Crippen LogP contribution in [0.25, 0.3) is 5.69 Å². The maximum atomic E-state index is 13.0. The highest BCUT2D eigenvalue weighted by Gasteiger charge is 2.27. The van der Waals surface area contributed by atoms with E-state index < -0.39 is 0 Å². The lowest BCUT2D eigenvalue weighted by molar-refractivity contribution is -0.125. The summed E-state index contributed by atoms with van der Waals surface area (Å²) in [6, 6.07) is 14.1. The molecule has 1 amide bonds. The summed E-state index contributed by atoms with van der Waals surface area (Å²) in [4.78, 5) is 27.6. The first-order valence-corrected chi connectivity index (χ1v) is 11.9. The highest BCUT2D eigenvalue weighted by Crippen LogP contribution is 2.25. The van der Waals surface area contributed by atoms with Crippen molar-refractivity contribution in [2.45, 2.75) is 26.3 Å². The Morgan fingerprint density at radius 3 is 2.71 bits per heavy atom. The fraction of sp³-hybridized carbons (Fsp3) is 0.346. The van der Waals surface area contributed by atoms with Crippen LogP contribution in [0.4, 0.5) is 5.82 Å². The molecule has 1 aromatic heterocycles. The van der Waals surface area contributed by atoms with Gasteiger partial charge in [-0.15, -0.1) is 5.10 Å². The molecule has 4 rings (SSSR count). The zero-order valence-electron chi connectivity index (χ0n) is 20.1. The Labute approximate surface area is 209 Å². The minimum absolute atomic E-state index is 0.0294. The van der Waals surface area contributed by atoms with Crippen LogP contribution in [0.3, 0.4) is 0 Å². The molecule has 1 aliphatic rings. The van der Waals surface area contributed by atoms with Crippen molar-refractivity contribution in [3.05, 3.63) is 75.0 Å². The molecule has 0 unspecified atom stereocenters. The Morgan fingerprint density at radius 1 is 1.14 bits per heavy atom. The minimum Gasteiger partial charge on any atom is -0.497 e. The monoisotopic (exact) mass is 496 g/mol. The van der Waals surface area contributed by atoms with Gasteiger partial charge in [-0.1, -0.05) is 17.7 Å². The van der Waals surface area contributed by atoms with Gasteiger partial charge in [0, 0.05) is 36.3 Å². The molecule has 35 heavy (non-hydrogen) atoms. The molecule has 184 valence electrons. The molecule has 2 heterocycles. The summed E-state index contributed by atoms with van der Waals surface area (Å²) in [6.45, 7) is 3.52. The summed E-state index contributed by atoms with van der Waals surface area (Å²) in [5.41, 5.74) is 2.13. The fourth-order valence-electron chi connectivity index (χ4n) is 4.21. The van der Waals surface area contributed by atoms with Crippen LogP contribution in [-0.4, -0.2) is 43.0 Å². The summed E-state index contributed by atoms with van der Waals surface area (Å²) in [7, 11) is 3.20. The number of nitrogens with zero attached hydrogens (tertiary/aromatic N) is 3. The van der Waals surface area contributed by atoms with E-state index in [0.717, 1.165) is 30.5 Å². The molecule has 0 aliphatic carbocycles. The second-order valence-electron chi connectivity index (χ2n) is 8.56. The number of nitrogens with one attached hydrogen (secondary N) is 1. The Morgan fingerprint density at radius 2 is 1.97 bits per heavy atom. The molecule has 2 aromatic carbocycles. The largest absolute Gasteiger partial charge is 0.497 e. The van der Waals surface area contributed by atoms with E-state index in [-0.39, 0.29) is 17.4 Å². The number of rotatable bonds is 7. The number of amides is 1. The Kier molecular flexibility index (Phi) is 7.60. The van der Waals surface area contributed by atoms with Crippen molar-refractivity contribution in [3.8, 4) is 17.2 Å². The first-order chi connectivity index (χ1) is 16.9. The number of halogens is 1. The van der Waals surface area contributed by atoms with Crippen molar-refractivity contribution in [2.75, 3.05) is 32.2 Å². The van der Waals surface area contributed by atoms with Crippen molar-refractivity contribution in [3.63, 3.8) is 0 Å². The molecule has 0 saturated carbocycles. The Bertz CT molecular complexity index is 1280. The van der Waals surface area contributed by atoms with E-state index >= 15 is 0 Å². The molecule has 1 aliphatic heterocycles. The van der Waals surface area contributed by atoms with E-state index in [2.05, 4.69) is 10.4 Å². The molecule has 0 bridgehead atoms. The highest BCUT2D eigenvalue weighted by molar-refractivity contribution is 6.31. The van der Waals surface area contributed by atoms with Crippen LogP contribution >= 0.6 is 11.6 Å². The van der Waals surface area contributed by atoms with Gasteiger partial charge in [0.25, 0.3) is 5.56 Å². The molecule has 1 fully saturated rings. The summed E-state index contributed by atoms with van der Waals surface area (Å²) in [5, 5.41) is 8.18. The van der Waals surface area contributed by atoms with Crippen LogP contribution in [-0.2, 0) is 11.3 Å². The topological polar surface area (TPSA) is 85.7 Å². The van der Waals surface area contributed by atoms with Gasteiger partial charge in [0.15, 0.2) is 0 Å². The van der Waals surface area contributed by atoms with E-state index in [0.29, 0.717) is 41.1 Å². The molecule has 1 N–H and O–H groups in total. The van der Waals surface area contributed by atoms with Gasteiger partial charge in [0.2, 0.25) is 5.91 Å². The Hall–Kier alpha value is -3.52. The second-order valence-corrected chi connectivity index (χ2v) is 8.96. The van der Waals surface area contributed by atoms with Gasteiger partial charge < -0.3 is 19.7 Å². The lowest BCUT2D eigenvalue weighted by Gasteiger charge is -2.33. The normalized spacial score (nSPS) is 15.5. The average molecular weight is 497 g/mol. The van der Waals surface area contributed by atoms with Gasteiger partial charge in [0.05, 0.1) is 25.8 Å². The van der Waals surface area contributed by atoms with Crippen LogP contribution in [0.2, 0.25) is 5.02 Å². The van der Waals surface area contributed by atoms with Crippen molar-refractivity contribution in [2.24, 2.45) is 5.92 Å². The molecule has 3 aromatic rings. The van der Waals surface area contributed by atoms with Gasteiger partial charge in [-0.3, -0.25) is 9.59 Å². The number of aromatic nitrogens is 2. The number of anilines is 1. The summed E-state index contributed by atoms with van der Waals surface area (Å²) >= 11 is 6.26. The molecular weight excluding hydrogens is 468 g/mol. The van der Waals surface area contributed by atoms with E-state index in [9.17, 15) is 9.59 Å². The molecule has 9 heteroatoms. The fourth-order valence-corrected chi connectivity index (χ4v) is 4.39. The lowest BCUT2D eigenvalue weighted by Crippen LogP contribution is -2.43. The van der Waals surface area contributed by atoms with Crippen molar-refractivity contribution >= 4 is 23.3 Å². The number of methoxy groups -OCH3 is 2. The SMILES string of the molecule is COc1ccc(OC)c(CNC(=O)[C@H]2CCCN(c3ccc(=O)n(-c4ccc(C)c(Cl)c4)n3)C2)c1. The zero-order chi connectivity index (χ0) is 24.9.